The number of carboxylic acids is 1. The van der Waals surface area contributed by atoms with E-state index in [0.717, 1.165) is 33.9 Å². The highest BCUT2D eigenvalue weighted by Crippen LogP contribution is 2.48. The van der Waals surface area contributed by atoms with Gasteiger partial charge in [0.05, 0.1) is 32.6 Å². The Labute approximate surface area is 281 Å². The van der Waals surface area contributed by atoms with E-state index in [0.29, 0.717) is 12.8 Å². The summed E-state index contributed by atoms with van der Waals surface area (Å²) in [6, 6.07) is 14.4. The smallest absolute Gasteiger partial charge is 0.303 e. The van der Waals surface area contributed by atoms with Gasteiger partial charge >= 0.3 is 5.97 Å². The van der Waals surface area contributed by atoms with Gasteiger partial charge in [-0.25, -0.2) is 8.42 Å². The number of Topliss-reactive ketones (excluding diaryl/α,β-unsaturated/α-hetero) is 1. The van der Waals surface area contributed by atoms with Gasteiger partial charge in [-0.2, -0.15) is 4.58 Å². The lowest BCUT2D eigenvalue weighted by molar-refractivity contribution is -0.401. The van der Waals surface area contributed by atoms with Crippen LogP contribution in [0.1, 0.15) is 58.1 Å². The number of para-hydroxylation sites is 2. The zero-order valence-electron chi connectivity index (χ0n) is 28.1. The first-order valence-corrected chi connectivity index (χ1v) is 17.5. The Kier molecular flexibility index (Phi) is 9.28. The Morgan fingerprint density at radius 2 is 1.65 bits per heavy atom. The number of ketones is 1. The van der Waals surface area contributed by atoms with Gasteiger partial charge in [-0.1, -0.05) is 50.2 Å². The number of rotatable bonds is 12. The predicted molar refractivity (Wildman–Crippen MR) is 182 cm³/mol. The summed E-state index contributed by atoms with van der Waals surface area (Å²) < 4.78 is 38.0. The van der Waals surface area contributed by atoms with Crippen LogP contribution in [0.2, 0.25) is 0 Å². The molecule has 0 bridgehead atoms. The summed E-state index contributed by atoms with van der Waals surface area (Å²) in [5, 5.41) is 14.5. The fourth-order valence-corrected chi connectivity index (χ4v) is 7.62. The second kappa shape index (κ2) is 12.8. The molecule has 1 amide bonds. The molecule has 1 atom stereocenters. The molecule has 0 saturated heterocycles. The zero-order valence-corrected chi connectivity index (χ0v) is 28.9. The van der Waals surface area contributed by atoms with Crippen molar-refractivity contribution in [2.75, 3.05) is 31.3 Å². The summed E-state index contributed by atoms with van der Waals surface area (Å²) in [5.41, 5.74) is 5.67. The molecule has 3 N–H and O–H groups in total. The highest BCUT2D eigenvalue weighted by atomic mass is 32.2. The number of hydrogen-bond acceptors (Lipinski definition) is 8. The molecule has 2 aliphatic heterocycles. The number of carbonyl (C=O) groups excluding carboxylic acids is 2. The van der Waals surface area contributed by atoms with Gasteiger partial charge in [-0.3, -0.25) is 14.4 Å². The third-order valence-corrected chi connectivity index (χ3v) is 10.3. The standard InChI is InChI=1S/C36H42N4O7S/c1-35(2)24-13-7-9-15-27(24)39(5)29(35)19-22-32(38-26(21-48(45,46)47)34(44)37-18-12-11-17-31(41)42)23(33(22)43)20-30-36(3,4)25-14-8-10-16-28(25)40(30)6/h7-10,13-16,19-20,26H,11-12,17-18,21H2,1-6H3,(H3-,37,38,41,42,43,44,45,46,47). The average molecular weight is 675 g/mol. The maximum atomic E-state index is 14.1. The van der Waals surface area contributed by atoms with Crippen molar-refractivity contribution in [1.82, 2.24) is 10.6 Å². The molecule has 12 heteroatoms. The SMILES string of the molecule is CN1/C(=C/C2=C(NC(CS(=O)(=O)[O-])C(=O)NCCCCC(=O)O)C(=C/C3=[N+](C)c4ccccc4C3(C)C)/C2=O)C(C)(C)c2ccccc21. The number of carbonyl (C=O) groups is 3. The number of aliphatic carboxylic acids is 1. The fraction of sp³-hybridized carbons (Fsp3) is 0.389. The van der Waals surface area contributed by atoms with Crippen LogP contribution in [-0.2, 0) is 35.3 Å². The molecule has 0 spiro atoms. The topological polar surface area (TPSA) is 159 Å². The highest BCUT2D eigenvalue weighted by Gasteiger charge is 2.46. The minimum atomic E-state index is -4.88. The third-order valence-electron chi connectivity index (χ3n) is 9.59. The molecule has 0 radical (unpaired) electrons. The molecule has 48 heavy (non-hydrogen) atoms. The van der Waals surface area contributed by atoms with Crippen molar-refractivity contribution in [3.8, 4) is 0 Å². The van der Waals surface area contributed by atoms with Gasteiger partial charge < -0.3 is 25.2 Å². The molecule has 254 valence electrons. The Bertz CT molecular complexity index is 1940. The molecule has 11 nitrogen and oxygen atoms in total. The van der Waals surface area contributed by atoms with Crippen LogP contribution in [0.3, 0.4) is 0 Å². The Hall–Kier alpha value is -4.55. The lowest BCUT2D eigenvalue weighted by atomic mass is 9.77. The average Bonchev–Trinajstić information content (AvgIpc) is 3.33. The zero-order chi connectivity index (χ0) is 35.2. The summed E-state index contributed by atoms with van der Waals surface area (Å²) >= 11 is 0. The van der Waals surface area contributed by atoms with Crippen molar-refractivity contribution >= 4 is 44.9 Å². The largest absolute Gasteiger partial charge is 0.748 e. The first kappa shape index (κ1) is 34.8. The number of nitrogens with one attached hydrogen (secondary N) is 2. The molecule has 0 aromatic heterocycles. The maximum Gasteiger partial charge on any atom is 0.303 e. The minimum Gasteiger partial charge on any atom is -0.748 e. The number of amides is 1. The number of benzene rings is 2. The van der Waals surface area contributed by atoms with E-state index < -0.39 is 44.6 Å². The molecular formula is C36H42N4O7S. The first-order valence-electron chi connectivity index (χ1n) is 15.9. The number of nitrogens with zero attached hydrogens (tertiary/aromatic N) is 2. The summed E-state index contributed by atoms with van der Waals surface area (Å²) in [6.45, 7) is 8.32. The third kappa shape index (κ3) is 6.46. The number of carboxylic acid groups (broad SMARTS) is 1. The molecular weight excluding hydrogens is 632 g/mol. The molecule has 0 saturated carbocycles. The first-order chi connectivity index (χ1) is 22.4. The van der Waals surface area contributed by atoms with Crippen LogP contribution in [0.5, 0.6) is 0 Å². The quantitative estimate of drug-likeness (QED) is 0.132. The minimum absolute atomic E-state index is 0.0736. The lowest BCUT2D eigenvalue weighted by Crippen LogP contribution is -2.50. The van der Waals surface area contributed by atoms with E-state index in [1.54, 1.807) is 12.2 Å². The van der Waals surface area contributed by atoms with Crippen LogP contribution in [0, 0.1) is 0 Å². The van der Waals surface area contributed by atoms with Gasteiger partial charge in [-0.15, -0.1) is 0 Å². The molecule has 2 aromatic carbocycles. The van der Waals surface area contributed by atoms with Crippen LogP contribution < -0.4 is 15.5 Å². The summed E-state index contributed by atoms with van der Waals surface area (Å²) in [5.74, 6) is -3.03. The van der Waals surface area contributed by atoms with E-state index in [1.165, 1.54) is 0 Å². The molecule has 0 fully saturated rings. The number of fused-ring (bicyclic) bond motifs is 2. The highest BCUT2D eigenvalue weighted by molar-refractivity contribution is 7.85. The van der Waals surface area contributed by atoms with E-state index in [9.17, 15) is 27.4 Å². The van der Waals surface area contributed by atoms with Crippen molar-refractivity contribution in [3.63, 3.8) is 0 Å². The van der Waals surface area contributed by atoms with Crippen molar-refractivity contribution < 1.29 is 37.0 Å². The Balaban J connectivity index is 1.58. The summed E-state index contributed by atoms with van der Waals surface area (Å²) in [6.07, 6.45) is 4.14. The second-order valence-corrected chi connectivity index (χ2v) is 15.0. The van der Waals surface area contributed by atoms with Crippen molar-refractivity contribution in [3.05, 3.63) is 94.4 Å². The molecule has 1 unspecified atom stereocenters. The van der Waals surface area contributed by atoms with E-state index in [-0.39, 0.29) is 35.6 Å². The second-order valence-electron chi connectivity index (χ2n) is 13.6. The van der Waals surface area contributed by atoms with Crippen LogP contribution in [0.4, 0.5) is 11.4 Å². The van der Waals surface area contributed by atoms with Gasteiger partial charge in [0.25, 0.3) is 0 Å². The number of likely N-dealkylation sites (N-methyl/N-ethyl adjacent to an activating group) is 1. The summed E-state index contributed by atoms with van der Waals surface area (Å²) in [7, 11) is -1.05. The molecule has 3 aliphatic rings. The summed E-state index contributed by atoms with van der Waals surface area (Å²) in [4.78, 5) is 40.3. The van der Waals surface area contributed by atoms with Gasteiger partial charge in [0, 0.05) is 60.1 Å². The normalized spacial score (nSPS) is 20.1. The Morgan fingerprint density at radius 3 is 2.27 bits per heavy atom. The van der Waals surface area contributed by atoms with E-state index in [2.05, 4.69) is 38.3 Å². The number of anilines is 1. The van der Waals surface area contributed by atoms with Crippen LogP contribution in [0.15, 0.2) is 83.2 Å². The number of allylic oxidation sites excluding steroid dienone is 5. The predicted octanol–water partition coefficient (Wildman–Crippen LogP) is 3.64. The maximum absolute atomic E-state index is 14.1. The lowest BCUT2D eigenvalue weighted by Gasteiger charge is -2.32. The van der Waals surface area contributed by atoms with E-state index >= 15 is 0 Å². The van der Waals surface area contributed by atoms with Crippen LogP contribution >= 0.6 is 0 Å². The molecule has 5 rings (SSSR count). The van der Waals surface area contributed by atoms with Crippen LogP contribution in [0.25, 0.3) is 0 Å². The Morgan fingerprint density at radius 1 is 1.00 bits per heavy atom. The molecule has 2 aromatic rings. The van der Waals surface area contributed by atoms with Gasteiger partial charge in [-0.05, 0) is 44.4 Å². The van der Waals surface area contributed by atoms with Gasteiger partial charge in [0.1, 0.15) is 13.1 Å². The van der Waals surface area contributed by atoms with Crippen LogP contribution in [-0.4, -0.2) is 78.5 Å². The fourth-order valence-electron chi connectivity index (χ4n) is 6.97. The van der Waals surface area contributed by atoms with E-state index in [4.69, 9.17) is 5.11 Å². The van der Waals surface area contributed by atoms with Gasteiger partial charge in [0.2, 0.25) is 11.6 Å². The number of hydrogen-bond donors (Lipinski definition) is 3. The number of unbranched alkanes of at least 4 members (excludes halogenated alkanes) is 1. The van der Waals surface area contributed by atoms with Crippen molar-refractivity contribution in [1.29, 1.82) is 0 Å². The molecule has 1 aliphatic carbocycles. The van der Waals surface area contributed by atoms with Gasteiger partial charge in [0.15, 0.2) is 11.5 Å². The van der Waals surface area contributed by atoms with E-state index in [1.807, 2.05) is 72.1 Å². The van der Waals surface area contributed by atoms with Crippen molar-refractivity contribution in [2.45, 2.75) is 63.8 Å². The molecule has 2 heterocycles. The monoisotopic (exact) mass is 674 g/mol. The van der Waals surface area contributed by atoms with Crippen molar-refractivity contribution in [2.24, 2.45) is 0 Å².